The molecule has 0 N–H and O–H groups in total. The molecule has 0 fully saturated rings. The summed E-state index contributed by atoms with van der Waals surface area (Å²) in [5.41, 5.74) is 8.09. The monoisotopic (exact) mass is 776 g/mol. The summed E-state index contributed by atoms with van der Waals surface area (Å²) in [6, 6.07) is 71.8. The highest BCUT2D eigenvalue weighted by Crippen LogP contribution is 2.46. The molecule has 0 aliphatic carbocycles. The molecule has 280 valence electrons. The van der Waals surface area contributed by atoms with Gasteiger partial charge in [-0.05, 0) is 86.5 Å². The van der Waals surface area contributed by atoms with Crippen molar-refractivity contribution in [3.05, 3.63) is 230 Å². The molecular weight excluding hydrogens is 740 g/mol. The average molecular weight is 777 g/mol. The number of benzene rings is 7. The third kappa shape index (κ3) is 5.48. The van der Waals surface area contributed by atoms with Gasteiger partial charge in [-0.25, -0.2) is 9.37 Å². The highest BCUT2D eigenvalue weighted by Gasteiger charge is 2.50. The molecule has 0 bridgehead atoms. The predicted molar refractivity (Wildman–Crippen MR) is 243 cm³/mol. The van der Waals surface area contributed by atoms with Crippen molar-refractivity contribution in [1.82, 2.24) is 14.5 Å². The number of pyridine rings is 2. The second-order valence-electron chi connectivity index (χ2n) is 15.0. The van der Waals surface area contributed by atoms with E-state index in [2.05, 4.69) is 160 Å². The number of nitrogens with zero attached hydrogens (tertiary/aromatic N) is 4. The van der Waals surface area contributed by atoms with Crippen LogP contribution in [0.25, 0.3) is 38.8 Å². The lowest BCUT2D eigenvalue weighted by Crippen LogP contribution is -2.77. The van der Waals surface area contributed by atoms with Gasteiger partial charge in [0.05, 0.1) is 22.4 Å². The van der Waals surface area contributed by atoms with Gasteiger partial charge in [-0.3, -0.25) is 9.88 Å². The molecule has 0 amide bonds. The van der Waals surface area contributed by atoms with Crippen LogP contribution in [0.4, 0.5) is 21.6 Å². The second-order valence-corrected chi connectivity index (χ2v) is 18.8. The lowest BCUT2D eigenvalue weighted by atomic mass is 9.98. The molecule has 10 aromatic rings. The molecule has 3 aromatic heterocycles. The zero-order valence-corrected chi connectivity index (χ0v) is 33.0. The van der Waals surface area contributed by atoms with E-state index in [1.807, 2.05) is 66.9 Å². The van der Waals surface area contributed by atoms with Crippen molar-refractivity contribution < 1.29 is 4.39 Å². The molecule has 6 heteroatoms. The molecule has 0 spiro atoms. The van der Waals surface area contributed by atoms with Crippen LogP contribution in [0.3, 0.4) is 0 Å². The van der Waals surface area contributed by atoms with Gasteiger partial charge in [0.25, 0.3) is 0 Å². The van der Waals surface area contributed by atoms with Gasteiger partial charge in [-0.2, -0.15) is 0 Å². The van der Waals surface area contributed by atoms with E-state index in [9.17, 15) is 0 Å². The maximum atomic E-state index is 17.4. The molecule has 11 rings (SSSR count). The number of para-hydroxylation sites is 2. The largest absolute Gasteiger partial charge is 0.307 e. The maximum Gasteiger partial charge on any atom is 0.184 e. The standard InChI is InChI=1S/C53H37FN4Si/c54-51(38-18-16-17-37(35-38)45-26-12-14-33-55-45)39-29-31-48-47(36-39)58(50-28-13-15-34-56-50)53-49(59(48,41-21-6-2-7-22-41)42-23-8-3-9-24-42)32-30-44-43-25-10-11-27-46(43)57(52(44)53)40-19-4-1-5-20-40/h1-36,51H. The number of rotatable bonds is 7. The van der Waals surface area contributed by atoms with Gasteiger partial charge in [-0.1, -0.05) is 152 Å². The zero-order chi connectivity index (χ0) is 39.3. The third-order valence-electron chi connectivity index (χ3n) is 11.8. The molecule has 1 atom stereocenters. The molecule has 0 saturated carbocycles. The van der Waals surface area contributed by atoms with E-state index in [1.54, 1.807) is 6.20 Å². The van der Waals surface area contributed by atoms with Crippen LogP contribution >= 0.6 is 0 Å². The van der Waals surface area contributed by atoms with E-state index in [-0.39, 0.29) is 0 Å². The molecule has 1 unspecified atom stereocenters. The van der Waals surface area contributed by atoms with Gasteiger partial charge in [-0.15, -0.1) is 0 Å². The van der Waals surface area contributed by atoms with Crippen LogP contribution in [0.2, 0.25) is 0 Å². The van der Waals surface area contributed by atoms with Crippen molar-refractivity contribution in [2.45, 2.75) is 6.17 Å². The first-order chi connectivity index (χ1) is 29.2. The fourth-order valence-electron chi connectivity index (χ4n) is 9.36. The summed E-state index contributed by atoms with van der Waals surface area (Å²) < 4.78 is 19.8. The molecule has 4 nitrogen and oxygen atoms in total. The average Bonchev–Trinajstić information content (AvgIpc) is 3.66. The Morgan fingerprint density at radius 2 is 1.14 bits per heavy atom. The summed E-state index contributed by atoms with van der Waals surface area (Å²) in [6.07, 6.45) is 2.22. The number of fused-ring (bicyclic) bond motifs is 6. The van der Waals surface area contributed by atoms with Crippen LogP contribution in [0.5, 0.6) is 0 Å². The minimum Gasteiger partial charge on any atom is -0.307 e. The SMILES string of the molecule is FC(c1cccc(-c2ccccn2)c1)c1ccc2c(c1)N(c1ccccn1)c1c(ccc3c4ccccc4n(-c4ccccc4)c13)[Si]2(c1ccccc1)c1ccccc1. The van der Waals surface area contributed by atoms with Crippen LogP contribution in [0.15, 0.2) is 219 Å². The van der Waals surface area contributed by atoms with E-state index in [4.69, 9.17) is 4.98 Å². The van der Waals surface area contributed by atoms with E-state index >= 15 is 4.39 Å². The predicted octanol–water partition coefficient (Wildman–Crippen LogP) is 10.5. The fraction of sp³-hybridized carbons (Fsp3) is 0.0189. The molecular formula is C53H37FN4Si. The lowest BCUT2D eigenvalue weighted by Gasteiger charge is -2.45. The molecule has 0 radical (unpaired) electrons. The third-order valence-corrected chi connectivity index (χ3v) is 16.7. The topological polar surface area (TPSA) is 34.0 Å². The van der Waals surface area contributed by atoms with E-state index in [0.29, 0.717) is 11.1 Å². The molecule has 1 aliphatic heterocycles. The molecule has 4 heterocycles. The summed E-state index contributed by atoms with van der Waals surface area (Å²) in [5, 5.41) is 7.23. The number of alkyl halides is 1. The summed E-state index contributed by atoms with van der Waals surface area (Å²) >= 11 is 0. The first kappa shape index (κ1) is 34.8. The Hall–Kier alpha value is -7.41. The van der Waals surface area contributed by atoms with Crippen LogP contribution < -0.4 is 25.6 Å². The summed E-state index contributed by atoms with van der Waals surface area (Å²) in [4.78, 5) is 11.9. The van der Waals surface area contributed by atoms with Crippen molar-refractivity contribution >= 4 is 67.8 Å². The summed E-state index contributed by atoms with van der Waals surface area (Å²) in [5.74, 6) is 0.765. The van der Waals surface area contributed by atoms with Crippen molar-refractivity contribution in [1.29, 1.82) is 0 Å². The Labute approximate surface area is 343 Å². The van der Waals surface area contributed by atoms with E-state index < -0.39 is 14.2 Å². The fourth-order valence-corrected chi connectivity index (χ4v) is 14.4. The van der Waals surface area contributed by atoms with Crippen molar-refractivity contribution in [3.8, 4) is 16.9 Å². The molecule has 59 heavy (non-hydrogen) atoms. The van der Waals surface area contributed by atoms with Gasteiger partial charge >= 0.3 is 0 Å². The number of halogens is 1. The Kier molecular flexibility index (Phi) is 8.38. The normalized spacial score (nSPS) is 13.5. The Morgan fingerprint density at radius 3 is 1.85 bits per heavy atom. The van der Waals surface area contributed by atoms with Gasteiger partial charge in [0.2, 0.25) is 0 Å². The maximum absolute atomic E-state index is 17.4. The van der Waals surface area contributed by atoms with Gasteiger partial charge in [0.15, 0.2) is 14.2 Å². The van der Waals surface area contributed by atoms with Crippen molar-refractivity contribution in [3.63, 3.8) is 0 Å². The van der Waals surface area contributed by atoms with Crippen LogP contribution in [0, 0.1) is 0 Å². The number of hydrogen-bond donors (Lipinski definition) is 0. The van der Waals surface area contributed by atoms with Crippen LogP contribution in [-0.2, 0) is 0 Å². The molecule has 7 aromatic carbocycles. The zero-order valence-electron chi connectivity index (χ0n) is 32.0. The highest BCUT2D eigenvalue weighted by atomic mass is 28.3. The number of aromatic nitrogens is 3. The van der Waals surface area contributed by atoms with Gasteiger partial charge in [0.1, 0.15) is 5.82 Å². The van der Waals surface area contributed by atoms with Crippen LogP contribution in [0.1, 0.15) is 17.3 Å². The van der Waals surface area contributed by atoms with E-state index in [0.717, 1.165) is 55.9 Å². The smallest absolute Gasteiger partial charge is 0.184 e. The van der Waals surface area contributed by atoms with Gasteiger partial charge < -0.3 is 4.57 Å². The number of anilines is 3. The Morgan fingerprint density at radius 1 is 0.492 bits per heavy atom. The summed E-state index contributed by atoms with van der Waals surface area (Å²) in [6.45, 7) is 0. The number of hydrogen-bond acceptors (Lipinski definition) is 3. The van der Waals surface area contributed by atoms with Gasteiger partial charge in [0, 0.05) is 40.1 Å². The lowest BCUT2D eigenvalue weighted by molar-refractivity contribution is 0.402. The first-order valence-corrected chi connectivity index (χ1v) is 22.0. The molecule has 0 saturated heterocycles. The van der Waals surface area contributed by atoms with Crippen molar-refractivity contribution in [2.24, 2.45) is 0 Å². The molecule has 1 aliphatic rings. The second kappa shape index (κ2) is 14.2. The van der Waals surface area contributed by atoms with Crippen LogP contribution in [-0.4, -0.2) is 22.6 Å². The first-order valence-electron chi connectivity index (χ1n) is 20.0. The summed E-state index contributed by atoms with van der Waals surface area (Å²) in [7, 11) is -3.14. The Balaban J connectivity index is 1.28. The Bertz CT molecular complexity index is 3080. The van der Waals surface area contributed by atoms with E-state index in [1.165, 1.54) is 20.7 Å². The highest BCUT2D eigenvalue weighted by molar-refractivity contribution is 7.21. The minimum absolute atomic E-state index is 0.575. The quantitative estimate of drug-likeness (QED) is 0.151. The minimum atomic E-state index is -3.14. The van der Waals surface area contributed by atoms with Crippen molar-refractivity contribution in [2.75, 3.05) is 4.90 Å².